The van der Waals surface area contributed by atoms with Gasteiger partial charge in [-0.2, -0.15) is 5.10 Å². The van der Waals surface area contributed by atoms with Crippen molar-refractivity contribution in [3.63, 3.8) is 0 Å². The topological polar surface area (TPSA) is 79.8 Å². The molecule has 0 fully saturated rings. The van der Waals surface area contributed by atoms with E-state index in [1.165, 1.54) is 13.2 Å². The Kier molecular flexibility index (Phi) is 5.82. The first-order chi connectivity index (χ1) is 15.1. The van der Waals surface area contributed by atoms with Crippen molar-refractivity contribution in [2.45, 2.75) is 0 Å². The Labute approximate surface area is 183 Å². The van der Waals surface area contributed by atoms with Crippen molar-refractivity contribution in [3.05, 3.63) is 83.4 Å². The summed E-state index contributed by atoms with van der Waals surface area (Å²) >= 11 is 5.95. The van der Waals surface area contributed by atoms with E-state index in [2.05, 4.69) is 21.9 Å². The second kappa shape index (κ2) is 8.85. The predicted molar refractivity (Wildman–Crippen MR) is 124 cm³/mol. The van der Waals surface area contributed by atoms with Gasteiger partial charge in [0.1, 0.15) is 5.75 Å². The number of nitrogens with one attached hydrogen (secondary N) is 2. The quantitative estimate of drug-likeness (QED) is 0.212. The smallest absolute Gasteiger partial charge is 0.329 e. The van der Waals surface area contributed by atoms with Crippen LogP contribution in [0.2, 0.25) is 5.02 Å². The molecule has 0 aliphatic rings. The van der Waals surface area contributed by atoms with Crippen LogP contribution >= 0.6 is 11.6 Å². The highest BCUT2D eigenvalue weighted by Gasteiger charge is 2.16. The number of halogens is 1. The molecule has 7 heteroatoms. The van der Waals surface area contributed by atoms with Crippen molar-refractivity contribution in [1.82, 2.24) is 5.43 Å². The maximum absolute atomic E-state index is 12.3. The molecule has 4 aromatic rings. The lowest BCUT2D eigenvalue weighted by Crippen LogP contribution is -2.32. The highest BCUT2D eigenvalue weighted by atomic mass is 35.5. The first kappa shape index (κ1) is 20.4. The summed E-state index contributed by atoms with van der Waals surface area (Å²) in [5.41, 5.74) is 3.42. The lowest BCUT2D eigenvalue weighted by atomic mass is 9.97. The van der Waals surface area contributed by atoms with Gasteiger partial charge in [-0.05, 0) is 45.8 Å². The van der Waals surface area contributed by atoms with E-state index in [-0.39, 0.29) is 0 Å². The fourth-order valence-corrected chi connectivity index (χ4v) is 3.52. The van der Waals surface area contributed by atoms with Gasteiger partial charge < -0.3 is 10.1 Å². The molecular weight excluding hydrogens is 414 g/mol. The maximum Gasteiger partial charge on any atom is 0.329 e. The van der Waals surface area contributed by atoms with Crippen LogP contribution in [0.15, 0.2) is 77.9 Å². The Morgan fingerprint density at radius 3 is 2.19 bits per heavy atom. The van der Waals surface area contributed by atoms with Crippen LogP contribution in [-0.2, 0) is 9.59 Å². The fourth-order valence-electron chi connectivity index (χ4n) is 3.35. The number of rotatable bonds is 4. The van der Waals surface area contributed by atoms with E-state index >= 15 is 0 Å². The van der Waals surface area contributed by atoms with Crippen LogP contribution in [0.5, 0.6) is 5.75 Å². The van der Waals surface area contributed by atoms with E-state index in [1.807, 2.05) is 48.5 Å². The van der Waals surface area contributed by atoms with Crippen LogP contribution in [-0.4, -0.2) is 25.1 Å². The van der Waals surface area contributed by atoms with Crippen LogP contribution < -0.4 is 15.5 Å². The Morgan fingerprint density at radius 2 is 1.55 bits per heavy atom. The second-order valence-electron chi connectivity index (χ2n) is 6.73. The number of benzene rings is 4. The third-order valence-corrected chi connectivity index (χ3v) is 5.02. The third kappa shape index (κ3) is 4.34. The fraction of sp³-hybridized carbons (Fsp3) is 0.0417. The number of carbonyl (C=O) groups excluding carboxylic acids is 2. The van der Waals surface area contributed by atoms with Gasteiger partial charge in [0.05, 0.1) is 19.0 Å². The summed E-state index contributed by atoms with van der Waals surface area (Å²) < 4.78 is 5.17. The number of ether oxygens (including phenoxy) is 1. The van der Waals surface area contributed by atoms with Gasteiger partial charge in [0.15, 0.2) is 0 Å². The molecule has 0 aliphatic carbocycles. The van der Waals surface area contributed by atoms with Crippen LogP contribution in [0.4, 0.5) is 5.69 Å². The van der Waals surface area contributed by atoms with Crippen molar-refractivity contribution in [1.29, 1.82) is 0 Å². The summed E-state index contributed by atoms with van der Waals surface area (Å²) in [5.74, 6) is -1.42. The Hall–Kier alpha value is -3.90. The maximum atomic E-state index is 12.3. The molecular formula is C24H18ClN3O3. The normalized spacial score (nSPS) is 11.0. The SMILES string of the molecule is COc1ccc(Cl)cc1NC(=O)C(=O)NN=Cc1c2ccccc2cc2ccccc12. The Balaban J connectivity index is 1.56. The molecule has 0 spiro atoms. The molecule has 0 saturated heterocycles. The monoisotopic (exact) mass is 431 g/mol. The predicted octanol–water partition coefficient (Wildman–Crippen LogP) is 4.74. The van der Waals surface area contributed by atoms with E-state index in [9.17, 15) is 9.59 Å². The van der Waals surface area contributed by atoms with Crippen molar-refractivity contribution in [2.24, 2.45) is 5.10 Å². The van der Waals surface area contributed by atoms with Crippen molar-refractivity contribution >= 4 is 56.9 Å². The number of hydrazone groups is 1. The number of hydrogen-bond acceptors (Lipinski definition) is 4. The molecule has 0 bridgehead atoms. The summed E-state index contributed by atoms with van der Waals surface area (Å²) in [4.78, 5) is 24.5. The minimum Gasteiger partial charge on any atom is -0.495 e. The first-order valence-corrected chi connectivity index (χ1v) is 9.83. The molecule has 0 aliphatic heterocycles. The summed E-state index contributed by atoms with van der Waals surface area (Å²) in [6, 6.07) is 22.7. The summed E-state index contributed by atoms with van der Waals surface area (Å²) in [6.07, 6.45) is 1.55. The van der Waals surface area contributed by atoms with Crippen molar-refractivity contribution in [2.75, 3.05) is 12.4 Å². The summed E-state index contributed by atoms with van der Waals surface area (Å²) in [5, 5.41) is 11.0. The van der Waals surface area contributed by atoms with Gasteiger partial charge in [-0.1, -0.05) is 60.1 Å². The first-order valence-electron chi connectivity index (χ1n) is 9.45. The molecule has 6 nitrogen and oxygen atoms in total. The van der Waals surface area contributed by atoms with Gasteiger partial charge in [0.2, 0.25) is 0 Å². The Morgan fingerprint density at radius 1 is 0.903 bits per heavy atom. The molecule has 0 unspecified atom stereocenters. The molecule has 154 valence electrons. The standard InChI is InChI=1S/C24H18ClN3O3/c1-31-22-11-10-17(25)13-21(22)27-23(29)24(30)28-26-14-20-18-8-4-2-6-15(18)12-16-7-3-5-9-19(16)20/h2-14H,1H3,(H,27,29)(H,28,30). The number of fused-ring (bicyclic) bond motifs is 2. The number of methoxy groups -OCH3 is 1. The molecule has 2 amide bonds. The minimum absolute atomic E-state index is 0.291. The zero-order chi connectivity index (χ0) is 21.8. The number of carbonyl (C=O) groups is 2. The van der Waals surface area contributed by atoms with Crippen molar-refractivity contribution < 1.29 is 14.3 Å². The Bertz CT molecular complexity index is 1280. The zero-order valence-corrected chi connectivity index (χ0v) is 17.3. The second-order valence-corrected chi connectivity index (χ2v) is 7.17. The highest BCUT2D eigenvalue weighted by Crippen LogP contribution is 2.28. The zero-order valence-electron chi connectivity index (χ0n) is 16.6. The van der Waals surface area contributed by atoms with Crippen LogP contribution in [0.25, 0.3) is 21.5 Å². The molecule has 2 N–H and O–H groups in total. The number of anilines is 1. The van der Waals surface area contributed by atoms with E-state index in [1.54, 1.807) is 18.3 Å². The molecule has 0 radical (unpaired) electrons. The van der Waals surface area contributed by atoms with E-state index in [0.29, 0.717) is 16.5 Å². The van der Waals surface area contributed by atoms with Gasteiger partial charge in [0, 0.05) is 10.6 Å². The molecule has 31 heavy (non-hydrogen) atoms. The molecule has 0 aromatic heterocycles. The lowest BCUT2D eigenvalue weighted by Gasteiger charge is -2.10. The number of nitrogens with zero attached hydrogens (tertiary/aromatic N) is 1. The molecule has 0 saturated carbocycles. The van der Waals surface area contributed by atoms with E-state index in [0.717, 1.165) is 27.1 Å². The average molecular weight is 432 g/mol. The molecule has 4 rings (SSSR count). The van der Waals surface area contributed by atoms with Gasteiger partial charge in [0.25, 0.3) is 0 Å². The van der Waals surface area contributed by atoms with Gasteiger partial charge >= 0.3 is 11.8 Å². The molecule has 4 aromatic carbocycles. The van der Waals surface area contributed by atoms with Crippen LogP contribution in [0.1, 0.15) is 5.56 Å². The van der Waals surface area contributed by atoms with Gasteiger partial charge in [-0.25, -0.2) is 5.43 Å². The van der Waals surface area contributed by atoms with Gasteiger partial charge in [-0.3, -0.25) is 9.59 Å². The molecule has 0 heterocycles. The van der Waals surface area contributed by atoms with Gasteiger partial charge in [-0.15, -0.1) is 0 Å². The largest absolute Gasteiger partial charge is 0.495 e. The van der Waals surface area contributed by atoms with E-state index in [4.69, 9.17) is 16.3 Å². The molecule has 0 atom stereocenters. The lowest BCUT2D eigenvalue weighted by molar-refractivity contribution is -0.136. The number of amides is 2. The summed E-state index contributed by atoms with van der Waals surface area (Å²) in [6.45, 7) is 0. The van der Waals surface area contributed by atoms with E-state index < -0.39 is 11.8 Å². The van der Waals surface area contributed by atoms with Crippen molar-refractivity contribution in [3.8, 4) is 5.75 Å². The summed E-state index contributed by atoms with van der Waals surface area (Å²) in [7, 11) is 1.46. The number of hydrogen-bond donors (Lipinski definition) is 2. The minimum atomic E-state index is -0.914. The third-order valence-electron chi connectivity index (χ3n) is 4.79. The van der Waals surface area contributed by atoms with Crippen LogP contribution in [0.3, 0.4) is 0 Å². The van der Waals surface area contributed by atoms with Crippen LogP contribution in [0, 0.1) is 0 Å². The average Bonchev–Trinajstić information content (AvgIpc) is 2.78. The highest BCUT2D eigenvalue weighted by molar-refractivity contribution is 6.40.